The van der Waals surface area contributed by atoms with E-state index in [9.17, 15) is 4.79 Å². The van der Waals surface area contributed by atoms with E-state index in [2.05, 4.69) is 38.8 Å². The molecule has 1 amide bonds. The first kappa shape index (κ1) is 20.1. The van der Waals surface area contributed by atoms with Crippen LogP contribution in [-0.2, 0) is 22.5 Å². The normalized spacial score (nSPS) is 29.0. The van der Waals surface area contributed by atoms with Gasteiger partial charge in [0.1, 0.15) is 5.82 Å². The van der Waals surface area contributed by atoms with Gasteiger partial charge in [-0.1, -0.05) is 0 Å². The first-order valence-corrected chi connectivity index (χ1v) is 10.4. The van der Waals surface area contributed by atoms with Crippen LogP contribution in [0.5, 0.6) is 0 Å². The minimum Gasteiger partial charge on any atom is -0.378 e. The van der Waals surface area contributed by atoms with E-state index < -0.39 is 0 Å². The molecule has 3 atom stereocenters. The summed E-state index contributed by atoms with van der Waals surface area (Å²) in [6, 6.07) is 0.322. The van der Waals surface area contributed by atoms with E-state index in [0.717, 1.165) is 76.4 Å². The molecular weight excluding hydrogens is 342 g/mol. The highest BCUT2D eigenvalue weighted by Gasteiger charge is 2.31. The van der Waals surface area contributed by atoms with Gasteiger partial charge in [0.25, 0.3) is 0 Å². The fourth-order valence-electron chi connectivity index (χ4n) is 4.63. The van der Waals surface area contributed by atoms with E-state index in [1.807, 2.05) is 7.11 Å². The van der Waals surface area contributed by atoms with Crippen LogP contribution in [0.2, 0.25) is 0 Å². The third-order valence-corrected chi connectivity index (χ3v) is 6.36. The minimum absolute atomic E-state index is 0.0305. The van der Waals surface area contributed by atoms with Crippen LogP contribution in [-0.4, -0.2) is 52.5 Å². The van der Waals surface area contributed by atoms with E-state index >= 15 is 0 Å². The number of nitrogens with zero attached hydrogens (tertiary/aromatic N) is 4. The highest BCUT2D eigenvalue weighted by Crippen LogP contribution is 2.30. The van der Waals surface area contributed by atoms with Crippen molar-refractivity contribution in [2.24, 2.45) is 5.92 Å². The molecule has 1 aliphatic carbocycles. The Morgan fingerprint density at radius 1 is 1.30 bits per heavy atom. The topological polar surface area (TPSA) is 72.3 Å². The molecule has 2 heterocycles. The summed E-state index contributed by atoms with van der Waals surface area (Å²) in [6.45, 7) is 8.82. The molecule has 1 aromatic rings. The monoisotopic (exact) mass is 377 g/mol. The Bertz CT molecular complexity index is 646. The second-order valence-electron chi connectivity index (χ2n) is 8.44. The Morgan fingerprint density at radius 3 is 2.81 bits per heavy atom. The molecule has 1 saturated carbocycles. The number of carbonyl (C=O) groups is 1. The molecule has 1 aromatic heterocycles. The predicted molar refractivity (Wildman–Crippen MR) is 106 cm³/mol. The number of amides is 1. The number of nitrogens with one attached hydrogen (secondary N) is 1. The van der Waals surface area contributed by atoms with Crippen LogP contribution >= 0.6 is 0 Å². The van der Waals surface area contributed by atoms with E-state index in [1.165, 1.54) is 0 Å². The summed E-state index contributed by atoms with van der Waals surface area (Å²) >= 11 is 0. The number of rotatable bonds is 6. The zero-order valence-electron chi connectivity index (χ0n) is 17.3. The van der Waals surface area contributed by atoms with Crippen LogP contribution < -0.4 is 10.2 Å². The lowest BCUT2D eigenvalue weighted by molar-refractivity contribution is -0.119. The maximum Gasteiger partial charge on any atom is 0.227 e. The molecular formula is C20H35N5O2. The van der Waals surface area contributed by atoms with Crippen molar-refractivity contribution < 1.29 is 9.53 Å². The molecule has 2 aliphatic rings. The van der Waals surface area contributed by atoms with Crippen LogP contribution in [0, 0.1) is 5.92 Å². The van der Waals surface area contributed by atoms with Gasteiger partial charge in [-0.25, -0.2) is 0 Å². The molecule has 1 N–H and O–H groups in total. The average Bonchev–Trinajstić information content (AvgIpc) is 3.18. The van der Waals surface area contributed by atoms with Crippen LogP contribution in [0.4, 0.5) is 5.95 Å². The molecule has 2 fully saturated rings. The van der Waals surface area contributed by atoms with Gasteiger partial charge in [0.15, 0.2) is 0 Å². The predicted octanol–water partition coefficient (Wildman–Crippen LogP) is 2.54. The summed E-state index contributed by atoms with van der Waals surface area (Å²) in [7, 11) is 1.82. The maximum absolute atomic E-state index is 11.3. The van der Waals surface area contributed by atoms with Crippen molar-refractivity contribution in [3.8, 4) is 0 Å². The number of anilines is 1. The summed E-state index contributed by atoms with van der Waals surface area (Å²) in [5.74, 6) is 2.73. The molecule has 7 heteroatoms. The van der Waals surface area contributed by atoms with E-state index in [1.54, 1.807) is 6.92 Å². The van der Waals surface area contributed by atoms with Gasteiger partial charge in [-0.2, -0.15) is 0 Å². The lowest BCUT2D eigenvalue weighted by atomic mass is 9.97. The number of hydrogen-bond donors (Lipinski definition) is 1. The highest BCUT2D eigenvalue weighted by molar-refractivity contribution is 5.73. The summed E-state index contributed by atoms with van der Waals surface area (Å²) in [4.78, 5) is 13.7. The smallest absolute Gasteiger partial charge is 0.227 e. The Hall–Kier alpha value is -1.63. The number of ether oxygens (including phenoxy) is 1. The van der Waals surface area contributed by atoms with Crippen LogP contribution in [0.3, 0.4) is 0 Å². The first-order valence-electron chi connectivity index (χ1n) is 10.4. The second-order valence-corrected chi connectivity index (χ2v) is 8.44. The third-order valence-electron chi connectivity index (χ3n) is 6.36. The maximum atomic E-state index is 11.3. The number of hydrogen-bond acceptors (Lipinski definition) is 5. The van der Waals surface area contributed by atoms with Gasteiger partial charge in [0.2, 0.25) is 11.9 Å². The molecule has 1 aliphatic heterocycles. The van der Waals surface area contributed by atoms with Gasteiger partial charge < -0.3 is 15.0 Å². The van der Waals surface area contributed by atoms with Crippen LogP contribution in [0.1, 0.15) is 65.1 Å². The molecule has 0 spiro atoms. The fraction of sp³-hybridized carbons (Fsp3) is 0.850. The number of aromatic nitrogens is 3. The van der Waals surface area contributed by atoms with Gasteiger partial charge in [0.05, 0.1) is 5.60 Å². The second kappa shape index (κ2) is 8.59. The van der Waals surface area contributed by atoms with Gasteiger partial charge in [-0.3, -0.25) is 9.36 Å². The van der Waals surface area contributed by atoms with Crippen molar-refractivity contribution >= 4 is 11.9 Å². The van der Waals surface area contributed by atoms with Gasteiger partial charge in [-0.05, 0) is 58.3 Å². The van der Waals surface area contributed by atoms with E-state index in [-0.39, 0.29) is 11.5 Å². The Morgan fingerprint density at radius 2 is 2.11 bits per heavy atom. The highest BCUT2D eigenvalue weighted by atomic mass is 16.5. The lowest BCUT2D eigenvalue weighted by Crippen LogP contribution is -2.31. The van der Waals surface area contributed by atoms with Crippen LogP contribution in [0.25, 0.3) is 0 Å². The Labute approximate surface area is 162 Å². The standard InChI is InChI=1S/C20H35N5O2/c1-5-25-18(14-16-7-8-17(13-16)21-15(2)26)22-23-19(25)24-11-6-9-20(3,27-4)10-12-24/h16-17H,5-14H2,1-4H3,(H,21,26)/t16-,17+,20?/m1/s1. The molecule has 1 unspecified atom stereocenters. The number of methoxy groups -OCH3 is 1. The van der Waals surface area contributed by atoms with Crippen LogP contribution in [0.15, 0.2) is 0 Å². The summed E-state index contributed by atoms with van der Waals surface area (Å²) in [6.07, 6.45) is 7.40. The molecule has 1 saturated heterocycles. The van der Waals surface area contributed by atoms with Crippen molar-refractivity contribution in [1.29, 1.82) is 0 Å². The molecule has 152 valence electrons. The molecule has 3 rings (SSSR count). The van der Waals surface area contributed by atoms with Crippen molar-refractivity contribution in [3.63, 3.8) is 0 Å². The number of carbonyl (C=O) groups excluding carboxylic acids is 1. The quantitative estimate of drug-likeness (QED) is 0.825. The van der Waals surface area contributed by atoms with Crippen molar-refractivity contribution in [2.75, 3.05) is 25.1 Å². The molecule has 0 bridgehead atoms. The van der Waals surface area contributed by atoms with Crippen molar-refractivity contribution in [2.45, 2.75) is 83.9 Å². The third kappa shape index (κ3) is 4.81. The SMILES string of the molecule is CCn1c(C[C@@H]2CC[C@H](NC(C)=O)C2)nnc1N1CCCC(C)(OC)CC1. The summed E-state index contributed by atoms with van der Waals surface area (Å²) in [5.41, 5.74) is -0.0305. The summed E-state index contributed by atoms with van der Waals surface area (Å²) < 4.78 is 8.01. The average molecular weight is 378 g/mol. The van der Waals surface area contributed by atoms with Gasteiger partial charge in [-0.15, -0.1) is 10.2 Å². The van der Waals surface area contributed by atoms with E-state index in [4.69, 9.17) is 4.74 Å². The van der Waals surface area contributed by atoms with E-state index in [0.29, 0.717) is 12.0 Å². The Kier molecular flexibility index (Phi) is 6.40. The zero-order chi connectivity index (χ0) is 19.4. The van der Waals surface area contributed by atoms with Gasteiger partial charge in [0, 0.05) is 46.1 Å². The minimum atomic E-state index is -0.0305. The molecule has 0 aromatic carbocycles. The summed E-state index contributed by atoms with van der Waals surface area (Å²) in [5, 5.41) is 12.2. The van der Waals surface area contributed by atoms with Crippen molar-refractivity contribution in [3.05, 3.63) is 5.82 Å². The molecule has 0 radical (unpaired) electrons. The van der Waals surface area contributed by atoms with Crippen molar-refractivity contribution in [1.82, 2.24) is 20.1 Å². The first-order chi connectivity index (χ1) is 12.9. The zero-order valence-corrected chi connectivity index (χ0v) is 17.3. The molecule has 27 heavy (non-hydrogen) atoms. The lowest BCUT2D eigenvalue weighted by Gasteiger charge is -2.27. The fourth-order valence-corrected chi connectivity index (χ4v) is 4.63. The molecule has 7 nitrogen and oxygen atoms in total. The largest absolute Gasteiger partial charge is 0.378 e. The van der Waals surface area contributed by atoms with Gasteiger partial charge >= 0.3 is 0 Å². The Balaban J connectivity index is 1.66.